The van der Waals surface area contributed by atoms with Gasteiger partial charge >= 0.3 is 6.03 Å². The molecule has 5 nitrogen and oxygen atoms in total. The number of carbonyl (C=O) groups is 1. The predicted octanol–water partition coefficient (Wildman–Crippen LogP) is 2.41. The molecule has 1 fully saturated rings. The fraction of sp³-hybridized carbons (Fsp3) is 0.571. The van der Waals surface area contributed by atoms with Crippen molar-refractivity contribution in [1.29, 1.82) is 0 Å². The van der Waals surface area contributed by atoms with E-state index in [0.717, 1.165) is 52.4 Å². The van der Waals surface area contributed by atoms with Crippen molar-refractivity contribution in [3.8, 4) is 0 Å². The summed E-state index contributed by atoms with van der Waals surface area (Å²) in [6.45, 7) is 12.1. The molecule has 1 atom stereocenters. The summed E-state index contributed by atoms with van der Waals surface area (Å²) in [5, 5.41) is 3.10. The van der Waals surface area contributed by atoms with Crippen LogP contribution in [0.2, 0.25) is 0 Å². The zero-order valence-corrected chi connectivity index (χ0v) is 16.1. The van der Waals surface area contributed by atoms with Gasteiger partial charge in [0, 0.05) is 52.4 Å². The largest absolute Gasteiger partial charge is 0.337 e. The third kappa shape index (κ3) is 5.08. The standard InChI is InChI=1S/C21H32N4O/c1-18(2)20-9-6-11-25(20)21(26)22-10-12-23-13-15-24(16-14-23)17-19-7-4-3-5-8-19/h3-9,18,20H,10-17H2,1-2H3,(H,22,26)/t20-/m0/s1. The van der Waals surface area contributed by atoms with Crippen LogP contribution in [-0.2, 0) is 6.54 Å². The number of urea groups is 1. The van der Waals surface area contributed by atoms with Gasteiger partial charge in [0.15, 0.2) is 0 Å². The lowest BCUT2D eigenvalue weighted by molar-refractivity contribution is 0.127. The van der Waals surface area contributed by atoms with Crippen molar-refractivity contribution in [2.45, 2.75) is 26.4 Å². The van der Waals surface area contributed by atoms with Crippen LogP contribution in [0.25, 0.3) is 0 Å². The van der Waals surface area contributed by atoms with Crippen LogP contribution in [-0.4, -0.2) is 72.6 Å². The molecule has 2 amide bonds. The van der Waals surface area contributed by atoms with Crippen molar-refractivity contribution in [3.63, 3.8) is 0 Å². The van der Waals surface area contributed by atoms with Gasteiger partial charge in [0.25, 0.3) is 0 Å². The molecule has 26 heavy (non-hydrogen) atoms. The van der Waals surface area contributed by atoms with Crippen molar-refractivity contribution in [2.24, 2.45) is 5.92 Å². The number of piperazine rings is 1. The Morgan fingerprint density at radius 2 is 1.81 bits per heavy atom. The lowest BCUT2D eigenvalue weighted by Gasteiger charge is -2.35. The monoisotopic (exact) mass is 356 g/mol. The minimum atomic E-state index is 0.0661. The van der Waals surface area contributed by atoms with E-state index in [9.17, 15) is 4.79 Å². The van der Waals surface area contributed by atoms with E-state index in [1.807, 2.05) is 4.90 Å². The van der Waals surface area contributed by atoms with E-state index in [1.54, 1.807) is 0 Å². The second kappa shape index (κ2) is 9.19. The summed E-state index contributed by atoms with van der Waals surface area (Å²) >= 11 is 0. The van der Waals surface area contributed by atoms with Crippen LogP contribution in [0.4, 0.5) is 4.79 Å². The Morgan fingerprint density at radius 1 is 1.12 bits per heavy atom. The van der Waals surface area contributed by atoms with Crippen molar-refractivity contribution in [1.82, 2.24) is 20.0 Å². The first-order valence-corrected chi connectivity index (χ1v) is 9.83. The highest BCUT2D eigenvalue weighted by atomic mass is 16.2. The van der Waals surface area contributed by atoms with Crippen LogP contribution in [0.3, 0.4) is 0 Å². The number of rotatable bonds is 6. The van der Waals surface area contributed by atoms with Gasteiger partial charge in [-0.3, -0.25) is 9.80 Å². The second-order valence-corrected chi connectivity index (χ2v) is 7.65. The van der Waals surface area contributed by atoms with Crippen molar-refractivity contribution < 1.29 is 4.79 Å². The Kier molecular flexibility index (Phi) is 6.69. The van der Waals surface area contributed by atoms with Gasteiger partial charge in [0.2, 0.25) is 0 Å². The summed E-state index contributed by atoms with van der Waals surface area (Å²) < 4.78 is 0. The van der Waals surface area contributed by atoms with Gasteiger partial charge < -0.3 is 10.2 Å². The van der Waals surface area contributed by atoms with Crippen LogP contribution in [0.5, 0.6) is 0 Å². The number of amides is 2. The lowest BCUT2D eigenvalue weighted by Crippen LogP contribution is -2.50. The van der Waals surface area contributed by atoms with Crippen LogP contribution >= 0.6 is 0 Å². The topological polar surface area (TPSA) is 38.8 Å². The molecular formula is C21H32N4O. The maximum atomic E-state index is 12.4. The maximum absolute atomic E-state index is 12.4. The Labute approximate surface area is 157 Å². The molecule has 1 aromatic rings. The maximum Gasteiger partial charge on any atom is 0.318 e. The van der Waals surface area contributed by atoms with Gasteiger partial charge in [-0.05, 0) is 11.5 Å². The van der Waals surface area contributed by atoms with Gasteiger partial charge in [-0.15, -0.1) is 0 Å². The quantitative estimate of drug-likeness (QED) is 0.796. The molecule has 0 radical (unpaired) electrons. The molecule has 3 rings (SSSR count). The predicted molar refractivity (Wildman–Crippen MR) is 106 cm³/mol. The highest BCUT2D eigenvalue weighted by Crippen LogP contribution is 2.17. The van der Waals surface area contributed by atoms with Gasteiger partial charge in [-0.25, -0.2) is 4.79 Å². The molecule has 2 aliphatic heterocycles. The Hall–Kier alpha value is -1.85. The molecule has 0 saturated carbocycles. The van der Waals surface area contributed by atoms with Crippen LogP contribution in [0.1, 0.15) is 19.4 Å². The normalized spacial score (nSPS) is 21.5. The molecule has 0 bridgehead atoms. The van der Waals surface area contributed by atoms with Crippen LogP contribution < -0.4 is 5.32 Å². The molecule has 0 aliphatic carbocycles. The number of hydrogen-bond donors (Lipinski definition) is 1. The van der Waals surface area contributed by atoms with E-state index in [-0.39, 0.29) is 12.1 Å². The smallest absolute Gasteiger partial charge is 0.318 e. The molecule has 142 valence electrons. The third-order valence-electron chi connectivity index (χ3n) is 5.36. The Morgan fingerprint density at radius 3 is 2.50 bits per heavy atom. The molecule has 1 saturated heterocycles. The summed E-state index contributed by atoms with van der Waals surface area (Å²) in [5.74, 6) is 0.456. The number of hydrogen-bond acceptors (Lipinski definition) is 3. The SMILES string of the molecule is CC(C)[C@@H]1C=CCN1C(=O)NCCN1CCN(Cc2ccccc2)CC1. The summed E-state index contributed by atoms with van der Waals surface area (Å²) in [7, 11) is 0. The summed E-state index contributed by atoms with van der Waals surface area (Å²) in [6.07, 6.45) is 4.24. The fourth-order valence-corrected chi connectivity index (χ4v) is 3.77. The van der Waals surface area contributed by atoms with Crippen molar-refractivity contribution in [2.75, 3.05) is 45.8 Å². The molecular weight excluding hydrogens is 324 g/mol. The lowest BCUT2D eigenvalue weighted by atomic mass is 10.1. The first-order chi connectivity index (χ1) is 12.6. The van der Waals surface area contributed by atoms with E-state index >= 15 is 0 Å². The van der Waals surface area contributed by atoms with Crippen LogP contribution in [0, 0.1) is 5.92 Å². The molecule has 0 unspecified atom stereocenters. The van der Waals surface area contributed by atoms with E-state index in [4.69, 9.17) is 0 Å². The van der Waals surface area contributed by atoms with E-state index in [2.05, 4.69) is 71.4 Å². The number of nitrogens with one attached hydrogen (secondary N) is 1. The van der Waals surface area contributed by atoms with E-state index in [0.29, 0.717) is 5.92 Å². The second-order valence-electron chi connectivity index (χ2n) is 7.65. The van der Waals surface area contributed by atoms with Gasteiger partial charge in [-0.1, -0.05) is 56.3 Å². The zero-order chi connectivity index (χ0) is 18.4. The van der Waals surface area contributed by atoms with Gasteiger partial charge in [0.1, 0.15) is 0 Å². The molecule has 0 spiro atoms. The first-order valence-electron chi connectivity index (χ1n) is 9.83. The van der Waals surface area contributed by atoms with Crippen molar-refractivity contribution in [3.05, 3.63) is 48.0 Å². The third-order valence-corrected chi connectivity index (χ3v) is 5.36. The molecule has 0 aromatic heterocycles. The average Bonchev–Trinajstić information content (AvgIpc) is 3.14. The average molecular weight is 357 g/mol. The number of carbonyl (C=O) groups excluding carboxylic acids is 1. The minimum Gasteiger partial charge on any atom is -0.337 e. The van der Waals surface area contributed by atoms with Crippen molar-refractivity contribution >= 4 is 6.03 Å². The zero-order valence-electron chi connectivity index (χ0n) is 16.1. The minimum absolute atomic E-state index is 0.0661. The van der Waals surface area contributed by atoms with Gasteiger partial charge in [0.05, 0.1) is 6.04 Å². The summed E-state index contributed by atoms with van der Waals surface area (Å²) in [4.78, 5) is 19.3. The molecule has 5 heteroatoms. The van der Waals surface area contributed by atoms with Gasteiger partial charge in [-0.2, -0.15) is 0 Å². The van der Waals surface area contributed by atoms with E-state index < -0.39 is 0 Å². The molecule has 2 aliphatic rings. The molecule has 1 aromatic carbocycles. The number of nitrogens with zero attached hydrogens (tertiary/aromatic N) is 3. The fourth-order valence-electron chi connectivity index (χ4n) is 3.77. The Bertz CT molecular complexity index is 593. The summed E-state index contributed by atoms with van der Waals surface area (Å²) in [5.41, 5.74) is 1.38. The number of benzene rings is 1. The first kappa shape index (κ1) is 18.9. The summed E-state index contributed by atoms with van der Waals surface area (Å²) in [6, 6.07) is 11.0. The molecule has 1 N–H and O–H groups in total. The highest BCUT2D eigenvalue weighted by molar-refractivity contribution is 5.75. The van der Waals surface area contributed by atoms with Crippen LogP contribution in [0.15, 0.2) is 42.5 Å². The highest BCUT2D eigenvalue weighted by Gasteiger charge is 2.26. The van der Waals surface area contributed by atoms with E-state index in [1.165, 1.54) is 5.56 Å². The molecule has 2 heterocycles. The Balaban J connectivity index is 1.33.